The number of alkyl halides is 3. The van der Waals surface area contributed by atoms with Crippen LogP contribution in [0.25, 0.3) is 10.9 Å². The molecule has 1 aliphatic rings. The average Bonchev–Trinajstić information content (AvgIpc) is 2.65. The van der Waals surface area contributed by atoms with Crippen LogP contribution < -0.4 is 0 Å². The largest absolute Gasteiger partial charge is 0.416 e. The van der Waals surface area contributed by atoms with E-state index in [1.54, 1.807) is 12.3 Å². The van der Waals surface area contributed by atoms with Crippen LogP contribution in [0.3, 0.4) is 0 Å². The summed E-state index contributed by atoms with van der Waals surface area (Å²) < 4.78 is 39.7. The first kappa shape index (κ1) is 10.4. The van der Waals surface area contributed by atoms with Crippen LogP contribution in [0.15, 0.2) is 29.3 Å². The molecule has 0 fully saturated rings. The van der Waals surface area contributed by atoms with Crippen molar-refractivity contribution in [2.24, 2.45) is 4.99 Å². The van der Waals surface area contributed by atoms with Crippen LogP contribution in [0.5, 0.6) is 0 Å². The van der Waals surface area contributed by atoms with Crippen LogP contribution in [0.1, 0.15) is 11.3 Å². The molecule has 0 unspecified atom stereocenters. The third-order valence-electron chi connectivity index (χ3n) is 2.94. The van der Waals surface area contributed by atoms with Crippen molar-refractivity contribution < 1.29 is 13.2 Å². The van der Waals surface area contributed by atoms with E-state index in [0.29, 0.717) is 11.9 Å². The lowest BCUT2D eigenvalue weighted by Gasteiger charge is -2.11. The van der Waals surface area contributed by atoms with Crippen molar-refractivity contribution in [1.82, 2.24) is 4.57 Å². The van der Waals surface area contributed by atoms with Gasteiger partial charge in [0.25, 0.3) is 0 Å². The molecule has 2 heterocycles. The molecule has 0 saturated carbocycles. The molecular weight excluding hydrogens is 229 g/mol. The summed E-state index contributed by atoms with van der Waals surface area (Å²) in [6, 6.07) is 5.59. The fourth-order valence-electron chi connectivity index (χ4n) is 2.14. The predicted molar refractivity (Wildman–Crippen MR) is 59.4 cm³/mol. The van der Waals surface area contributed by atoms with Crippen LogP contribution in [-0.4, -0.2) is 17.3 Å². The van der Waals surface area contributed by atoms with Crippen LogP contribution in [-0.2, 0) is 12.7 Å². The number of benzene rings is 1. The van der Waals surface area contributed by atoms with E-state index in [2.05, 4.69) is 4.99 Å². The fourth-order valence-corrected chi connectivity index (χ4v) is 2.14. The molecule has 17 heavy (non-hydrogen) atoms. The monoisotopic (exact) mass is 238 g/mol. The Hall–Kier alpha value is -1.78. The number of aromatic nitrogens is 1. The molecule has 0 N–H and O–H groups in total. The van der Waals surface area contributed by atoms with Gasteiger partial charge in [-0.15, -0.1) is 0 Å². The number of hydrogen-bond donors (Lipinski definition) is 0. The van der Waals surface area contributed by atoms with E-state index in [4.69, 9.17) is 0 Å². The lowest BCUT2D eigenvalue weighted by molar-refractivity contribution is -0.137. The Labute approximate surface area is 95.4 Å². The van der Waals surface area contributed by atoms with Crippen molar-refractivity contribution in [3.8, 4) is 0 Å². The minimum absolute atomic E-state index is 0.607. The van der Waals surface area contributed by atoms with Gasteiger partial charge >= 0.3 is 6.18 Å². The Morgan fingerprint density at radius 1 is 1.18 bits per heavy atom. The Morgan fingerprint density at radius 2 is 2.00 bits per heavy atom. The molecular formula is C12H9F3N2. The lowest BCUT2D eigenvalue weighted by Crippen LogP contribution is -2.10. The van der Waals surface area contributed by atoms with E-state index in [1.165, 1.54) is 12.1 Å². The molecule has 0 atom stereocenters. The molecule has 1 aromatic carbocycles. The van der Waals surface area contributed by atoms with Gasteiger partial charge in [0, 0.05) is 23.7 Å². The van der Waals surface area contributed by atoms with E-state index in [9.17, 15) is 13.2 Å². The maximum absolute atomic E-state index is 12.6. The molecule has 2 nitrogen and oxygen atoms in total. The van der Waals surface area contributed by atoms with Crippen molar-refractivity contribution >= 4 is 17.1 Å². The molecule has 0 bridgehead atoms. The smallest absolute Gasteiger partial charge is 0.338 e. The summed E-state index contributed by atoms with van der Waals surface area (Å²) in [5.41, 5.74) is 1.09. The first-order valence-corrected chi connectivity index (χ1v) is 5.26. The van der Waals surface area contributed by atoms with Gasteiger partial charge in [0.15, 0.2) is 0 Å². The molecule has 0 amide bonds. The maximum atomic E-state index is 12.6. The number of fused-ring (bicyclic) bond motifs is 3. The van der Waals surface area contributed by atoms with Crippen molar-refractivity contribution in [1.29, 1.82) is 0 Å². The van der Waals surface area contributed by atoms with Crippen molar-refractivity contribution in [3.05, 3.63) is 35.5 Å². The highest BCUT2D eigenvalue weighted by Gasteiger charge is 2.30. The van der Waals surface area contributed by atoms with Crippen molar-refractivity contribution in [3.63, 3.8) is 0 Å². The highest BCUT2D eigenvalue weighted by atomic mass is 19.4. The van der Waals surface area contributed by atoms with Gasteiger partial charge in [-0.05, 0) is 24.3 Å². The average molecular weight is 238 g/mol. The second-order valence-corrected chi connectivity index (χ2v) is 4.03. The molecule has 0 saturated heterocycles. The first-order chi connectivity index (χ1) is 8.05. The summed E-state index contributed by atoms with van der Waals surface area (Å²) in [5.74, 6) is 0. The molecule has 0 radical (unpaired) electrons. The standard InChI is InChI=1S/C12H9F3N2/c13-12(14,15)9-1-2-11-8(5-9)6-10-7-16-3-4-17(10)11/h1-2,5-7H,3-4H2. The van der Waals surface area contributed by atoms with E-state index in [-0.39, 0.29) is 0 Å². The zero-order chi connectivity index (χ0) is 12.0. The fraction of sp³-hybridized carbons (Fsp3) is 0.250. The van der Waals surface area contributed by atoms with E-state index in [1.807, 2.05) is 4.57 Å². The molecule has 88 valence electrons. The van der Waals surface area contributed by atoms with E-state index in [0.717, 1.165) is 23.8 Å². The summed E-state index contributed by atoms with van der Waals surface area (Å²) >= 11 is 0. The third-order valence-corrected chi connectivity index (χ3v) is 2.94. The van der Waals surface area contributed by atoms with Crippen molar-refractivity contribution in [2.75, 3.05) is 6.54 Å². The van der Waals surface area contributed by atoms with E-state index < -0.39 is 11.7 Å². The Bertz CT molecular complexity index is 608. The molecule has 5 heteroatoms. The molecule has 1 aromatic heterocycles. The van der Waals surface area contributed by atoms with Crippen LogP contribution in [0, 0.1) is 0 Å². The van der Waals surface area contributed by atoms with Gasteiger partial charge in [0.05, 0.1) is 17.8 Å². The lowest BCUT2D eigenvalue weighted by atomic mass is 10.1. The predicted octanol–water partition coefficient (Wildman–Crippen LogP) is 3.09. The first-order valence-electron chi connectivity index (χ1n) is 5.26. The minimum Gasteiger partial charge on any atom is -0.338 e. The topological polar surface area (TPSA) is 17.3 Å². The number of aliphatic imine (C=N–C) groups is 1. The second kappa shape index (κ2) is 3.35. The summed E-state index contributed by atoms with van der Waals surface area (Å²) in [6.07, 6.45) is -2.58. The normalized spacial score (nSPS) is 15.2. The van der Waals surface area contributed by atoms with Gasteiger partial charge in [-0.2, -0.15) is 13.2 Å². The summed E-state index contributed by atoms with van der Waals surface area (Å²) in [4.78, 5) is 4.12. The van der Waals surface area contributed by atoms with Crippen LogP contribution >= 0.6 is 0 Å². The molecule has 2 aromatic rings. The summed E-state index contributed by atoms with van der Waals surface area (Å²) in [7, 11) is 0. The zero-order valence-electron chi connectivity index (χ0n) is 8.83. The second-order valence-electron chi connectivity index (χ2n) is 4.03. The Kier molecular flexibility index (Phi) is 2.05. The number of halogens is 3. The zero-order valence-corrected chi connectivity index (χ0v) is 8.83. The summed E-state index contributed by atoms with van der Waals surface area (Å²) in [6.45, 7) is 1.40. The number of hydrogen-bond acceptors (Lipinski definition) is 1. The molecule has 1 aliphatic heterocycles. The summed E-state index contributed by atoms with van der Waals surface area (Å²) in [5, 5.41) is 0.614. The maximum Gasteiger partial charge on any atom is 0.416 e. The Balaban J connectivity index is 2.22. The number of rotatable bonds is 0. The SMILES string of the molecule is FC(F)(F)c1ccc2c(c1)cc1n2CCN=C1. The van der Waals surface area contributed by atoms with Crippen molar-refractivity contribution in [2.45, 2.75) is 12.7 Å². The number of nitrogens with zero attached hydrogens (tertiary/aromatic N) is 2. The molecule has 3 rings (SSSR count). The van der Waals surface area contributed by atoms with E-state index >= 15 is 0 Å². The minimum atomic E-state index is -4.29. The van der Waals surface area contributed by atoms with Gasteiger partial charge < -0.3 is 4.57 Å². The molecule has 0 spiro atoms. The van der Waals surface area contributed by atoms with Gasteiger partial charge in [-0.1, -0.05) is 0 Å². The van der Waals surface area contributed by atoms with Crippen LogP contribution in [0.4, 0.5) is 13.2 Å². The highest BCUT2D eigenvalue weighted by Crippen LogP contribution is 2.32. The quantitative estimate of drug-likeness (QED) is 0.671. The van der Waals surface area contributed by atoms with Gasteiger partial charge in [0.2, 0.25) is 0 Å². The van der Waals surface area contributed by atoms with Crippen LogP contribution in [0.2, 0.25) is 0 Å². The van der Waals surface area contributed by atoms with Gasteiger partial charge in [-0.25, -0.2) is 0 Å². The third kappa shape index (κ3) is 1.62. The van der Waals surface area contributed by atoms with Gasteiger partial charge in [-0.3, -0.25) is 4.99 Å². The highest BCUT2D eigenvalue weighted by molar-refractivity contribution is 5.91. The molecule has 0 aliphatic carbocycles. The Morgan fingerprint density at radius 3 is 2.76 bits per heavy atom. The van der Waals surface area contributed by atoms with Gasteiger partial charge in [0.1, 0.15) is 0 Å².